The fraction of sp³-hybridized carbons (Fsp3) is 0.955. The van der Waals surface area contributed by atoms with Crippen LogP contribution in [0.5, 0.6) is 0 Å². The molecule has 3 rings (SSSR count). The molecule has 0 aromatic rings. The number of rotatable bonds is 7. The van der Waals surface area contributed by atoms with Crippen molar-refractivity contribution in [2.24, 2.45) is 10.4 Å². The summed E-state index contributed by atoms with van der Waals surface area (Å²) in [5.41, 5.74) is 0.497. The van der Waals surface area contributed by atoms with Gasteiger partial charge in [-0.3, -0.25) is 9.89 Å². The predicted octanol–water partition coefficient (Wildman–Crippen LogP) is 1.54. The molecular formula is C22H43N5O2. The van der Waals surface area contributed by atoms with Gasteiger partial charge in [-0.1, -0.05) is 19.3 Å². The predicted molar refractivity (Wildman–Crippen MR) is 119 cm³/mol. The Morgan fingerprint density at radius 2 is 1.52 bits per heavy atom. The van der Waals surface area contributed by atoms with E-state index >= 15 is 0 Å². The van der Waals surface area contributed by atoms with Crippen molar-refractivity contribution in [1.29, 1.82) is 0 Å². The van der Waals surface area contributed by atoms with Gasteiger partial charge >= 0.3 is 0 Å². The number of nitrogens with one attached hydrogen (secondary N) is 2. The van der Waals surface area contributed by atoms with Crippen molar-refractivity contribution in [3.8, 4) is 0 Å². The van der Waals surface area contributed by atoms with Crippen molar-refractivity contribution in [2.75, 3.05) is 80.3 Å². The molecule has 0 aromatic carbocycles. The Hall–Kier alpha value is -0.890. The fourth-order valence-corrected chi connectivity index (χ4v) is 5.20. The van der Waals surface area contributed by atoms with Crippen molar-refractivity contribution < 1.29 is 9.47 Å². The number of nitrogens with zero attached hydrogens (tertiary/aromatic N) is 3. The molecule has 7 heteroatoms. The number of likely N-dealkylation sites (N-methyl/N-ethyl adjacent to an activating group) is 1. The highest BCUT2D eigenvalue weighted by Gasteiger charge is 2.36. The van der Waals surface area contributed by atoms with Gasteiger partial charge in [-0.05, 0) is 39.8 Å². The first-order chi connectivity index (χ1) is 14.1. The second-order valence-corrected chi connectivity index (χ2v) is 9.46. The number of ether oxygens (including phenoxy) is 2. The van der Waals surface area contributed by atoms with Gasteiger partial charge in [-0.25, -0.2) is 0 Å². The smallest absolute Gasteiger partial charge is 0.191 e. The number of aliphatic imine (C=N–C) groups is 1. The van der Waals surface area contributed by atoms with E-state index in [4.69, 9.17) is 9.47 Å². The maximum atomic E-state index is 5.61. The van der Waals surface area contributed by atoms with E-state index in [9.17, 15) is 0 Å². The molecule has 29 heavy (non-hydrogen) atoms. The maximum absolute atomic E-state index is 5.61. The van der Waals surface area contributed by atoms with E-state index in [-0.39, 0.29) is 5.54 Å². The highest BCUT2D eigenvalue weighted by molar-refractivity contribution is 5.79. The molecule has 2 saturated heterocycles. The van der Waals surface area contributed by atoms with E-state index in [1.54, 1.807) is 0 Å². The standard InChI is InChI=1S/C22H43N5O2/c1-23-20(25-18-22(26(2)3)9-13-28-14-10-22)24-17-21(7-5-4-6-8-21)19-27-11-15-29-16-12-27/h4-19H2,1-3H3,(H2,23,24,25). The van der Waals surface area contributed by atoms with Crippen LogP contribution in [0.1, 0.15) is 44.9 Å². The van der Waals surface area contributed by atoms with E-state index in [2.05, 4.69) is 39.5 Å². The average molecular weight is 410 g/mol. The Morgan fingerprint density at radius 3 is 2.14 bits per heavy atom. The van der Waals surface area contributed by atoms with Crippen molar-refractivity contribution in [3.63, 3.8) is 0 Å². The average Bonchev–Trinajstić information content (AvgIpc) is 2.76. The lowest BCUT2D eigenvalue weighted by Crippen LogP contribution is -2.58. The molecular weight excluding hydrogens is 366 g/mol. The molecule has 1 saturated carbocycles. The number of hydrogen-bond donors (Lipinski definition) is 2. The van der Waals surface area contributed by atoms with Gasteiger partial charge in [0.15, 0.2) is 5.96 Å². The molecule has 3 fully saturated rings. The normalized spacial score (nSPS) is 25.7. The van der Waals surface area contributed by atoms with E-state index < -0.39 is 0 Å². The van der Waals surface area contributed by atoms with Gasteiger partial charge < -0.3 is 25.0 Å². The van der Waals surface area contributed by atoms with Crippen molar-refractivity contribution in [1.82, 2.24) is 20.4 Å². The summed E-state index contributed by atoms with van der Waals surface area (Å²) in [5, 5.41) is 7.33. The van der Waals surface area contributed by atoms with Crippen molar-refractivity contribution in [3.05, 3.63) is 0 Å². The molecule has 0 unspecified atom stereocenters. The molecule has 0 atom stereocenters. The third kappa shape index (κ3) is 6.29. The molecule has 168 valence electrons. The first-order valence-electron chi connectivity index (χ1n) is 11.6. The van der Waals surface area contributed by atoms with E-state index in [1.165, 1.54) is 38.6 Å². The molecule has 0 spiro atoms. The first-order valence-corrected chi connectivity index (χ1v) is 11.6. The monoisotopic (exact) mass is 409 g/mol. The highest BCUT2D eigenvalue weighted by atomic mass is 16.5. The lowest BCUT2D eigenvalue weighted by molar-refractivity contribution is -0.00511. The van der Waals surface area contributed by atoms with Gasteiger partial charge in [-0.15, -0.1) is 0 Å². The van der Waals surface area contributed by atoms with Crippen LogP contribution < -0.4 is 10.6 Å². The largest absolute Gasteiger partial charge is 0.381 e. The summed E-state index contributed by atoms with van der Waals surface area (Å²) in [7, 11) is 6.25. The van der Waals surface area contributed by atoms with Crippen molar-refractivity contribution in [2.45, 2.75) is 50.5 Å². The number of guanidine groups is 1. The first kappa shape index (κ1) is 22.8. The van der Waals surface area contributed by atoms with Crippen LogP contribution in [-0.2, 0) is 9.47 Å². The summed E-state index contributed by atoms with van der Waals surface area (Å²) in [4.78, 5) is 9.50. The van der Waals surface area contributed by atoms with Crippen LogP contribution in [0.15, 0.2) is 4.99 Å². The fourth-order valence-electron chi connectivity index (χ4n) is 5.20. The van der Waals surface area contributed by atoms with Gasteiger partial charge in [0.05, 0.1) is 13.2 Å². The zero-order chi connectivity index (χ0) is 20.6. The summed E-state index contributed by atoms with van der Waals surface area (Å²) in [6.07, 6.45) is 8.82. The third-order valence-corrected chi connectivity index (χ3v) is 7.39. The second-order valence-electron chi connectivity index (χ2n) is 9.46. The number of hydrogen-bond acceptors (Lipinski definition) is 5. The molecule has 2 aliphatic heterocycles. The van der Waals surface area contributed by atoms with Gasteiger partial charge in [0.1, 0.15) is 0 Å². The Kier molecular flexibility index (Phi) is 8.59. The topological polar surface area (TPSA) is 61.4 Å². The lowest BCUT2D eigenvalue weighted by atomic mass is 9.73. The Bertz CT molecular complexity index is 507. The Morgan fingerprint density at radius 1 is 0.897 bits per heavy atom. The van der Waals surface area contributed by atoms with E-state index in [1.807, 2.05) is 7.05 Å². The third-order valence-electron chi connectivity index (χ3n) is 7.39. The van der Waals surface area contributed by atoms with E-state index in [0.29, 0.717) is 5.41 Å². The van der Waals surface area contributed by atoms with Crippen LogP contribution in [0.3, 0.4) is 0 Å². The molecule has 0 aromatic heterocycles. The molecule has 1 aliphatic carbocycles. The summed E-state index contributed by atoms with van der Waals surface area (Å²) in [6, 6.07) is 0. The minimum absolute atomic E-state index is 0.145. The zero-order valence-corrected chi connectivity index (χ0v) is 19.0. The van der Waals surface area contributed by atoms with Crippen LogP contribution in [0.4, 0.5) is 0 Å². The van der Waals surface area contributed by atoms with Crippen LogP contribution in [0, 0.1) is 5.41 Å². The number of morpholine rings is 1. The summed E-state index contributed by atoms with van der Waals surface area (Å²) >= 11 is 0. The minimum Gasteiger partial charge on any atom is -0.381 e. The van der Waals surface area contributed by atoms with Crippen LogP contribution in [0.25, 0.3) is 0 Å². The molecule has 0 bridgehead atoms. The molecule has 3 aliphatic rings. The Balaban J connectivity index is 1.55. The van der Waals surface area contributed by atoms with Gasteiger partial charge in [0, 0.05) is 63.9 Å². The maximum Gasteiger partial charge on any atom is 0.191 e. The van der Waals surface area contributed by atoms with E-state index in [0.717, 1.165) is 71.4 Å². The summed E-state index contributed by atoms with van der Waals surface area (Å²) in [5.74, 6) is 0.935. The summed E-state index contributed by atoms with van der Waals surface area (Å²) in [6.45, 7) is 8.67. The van der Waals surface area contributed by atoms with Crippen LogP contribution in [-0.4, -0.2) is 102 Å². The van der Waals surface area contributed by atoms with Gasteiger partial charge in [0.25, 0.3) is 0 Å². The van der Waals surface area contributed by atoms with Crippen molar-refractivity contribution >= 4 is 5.96 Å². The summed E-state index contributed by atoms with van der Waals surface area (Å²) < 4.78 is 11.2. The molecule has 0 amide bonds. The Labute approximate surface area is 177 Å². The quantitative estimate of drug-likeness (QED) is 0.491. The van der Waals surface area contributed by atoms with Crippen LogP contribution >= 0.6 is 0 Å². The SMILES string of the molecule is CN=C(NCC1(CN2CCOCC2)CCCCC1)NCC1(N(C)C)CCOCC1. The van der Waals surface area contributed by atoms with Crippen LogP contribution in [0.2, 0.25) is 0 Å². The zero-order valence-electron chi connectivity index (χ0n) is 19.0. The van der Waals surface area contributed by atoms with Gasteiger partial charge in [0.2, 0.25) is 0 Å². The molecule has 7 nitrogen and oxygen atoms in total. The minimum atomic E-state index is 0.145. The second kappa shape index (κ2) is 10.9. The lowest BCUT2D eigenvalue weighted by Gasteiger charge is -2.44. The molecule has 2 N–H and O–H groups in total. The van der Waals surface area contributed by atoms with Gasteiger partial charge in [-0.2, -0.15) is 0 Å². The highest BCUT2D eigenvalue weighted by Crippen LogP contribution is 2.36. The molecule has 2 heterocycles. The molecule has 0 radical (unpaired) electrons.